The minimum atomic E-state index is 1.37. The Bertz CT molecular complexity index is 488. The summed E-state index contributed by atoms with van der Waals surface area (Å²) >= 11 is 0. The summed E-state index contributed by atoms with van der Waals surface area (Å²) in [4.78, 5) is 0. The summed E-state index contributed by atoms with van der Waals surface area (Å²) in [5, 5.41) is 0. The quantitative estimate of drug-likeness (QED) is 0.0547. The monoisotopic (exact) mass is 733 g/mol. The zero-order valence-corrected chi connectivity index (χ0v) is 37.9. The normalized spacial score (nSPS) is 11.3. The smallest absolute Gasteiger partial charge is 0.0533 e. The van der Waals surface area contributed by atoms with E-state index in [0.29, 0.717) is 0 Å². The molecular formula is C52H108. The van der Waals surface area contributed by atoms with Crippen LogP contribution in [0, 0.1) is 0 Å². The lowest BCUT2D eigenvalue weighted by Crippen LogP contribution is -1.84. The summed E-state index contributed by atoms with van der Waals surface area (Å²) in [6.07, 6.45) is 70.8. The Morgan fingerprint density at radius 2 is 0.154 bits per heavy atom. The van der Waals surface area contributed by atoms with Crippen molar-refractivity contribution in [1.82, 2.24) is 0 Å². The molecule has 0 aromatic heterocycles. The summed E-state index contributed by atoms with van der Waals surface area (Å²) in [5.41, 5.74) is 0. The number of hydrogen-bond acceptors (Lipinski definition) is 0. The summed E-state index contributed by atoms with van der Waals surface area (Å²) in [7, 11) is 0. The van der Waals surface area contributed by atoms with Crippen molar-refractivity contribution in [3.05, 3.63) is 0 Å². The molecule has 0 aliphatic carbocycles. The fraction of sp³-hybridized carbons (Fsp3) is 1.00. The molecule has 0 heteroatoms. The fourth-order valence-corrected chi connectivity index (χ4v) is 8.07. The van der Waals surface area contributed by atoms with Crippen LogP contribution in [0.2, 0.25) is 0 Å². The van der Waals surface area contributed by atoms with Crippen molar-refractivity contribution in [3.8, 4) is 0 Å². The predicted octanol–water partition coefficient (Wildman–Crippen LogP) is 20.8. The molecule has 0 saturated carbocycles. The average Bonchev–Trinajstić information content (AvgIpc) is 3.16. The fourth-order valence-electron chi connectivity index (χ4n) is 8.07. The second kappa shape index (κ2) is 55.3. The second-order valence-corrected chi connectivity index (χ2v) is 17.6. The Balaban J connectivity index is 0. The SMILES string of the molecule is CCCCCCCCCCCCCCCCCCCCCCCC.CCCCCCCCCCCCCCCCCCCCCCCCCCCC. The van der Waals surface area contributed by atoms with Gasteiger partial charge in [-0.3, -0.25) is 0 Å². The Morgan fingerprint density at radius 3 is 0.212 bits per heavy atom. The molecule has 0 rings (SSSR count). The molecule has 0 heterocycles. The minimum Gasteiger partial charge on any atom is -0.0654 e. The highest BCUT2D eigenvalue weighted by atomic mass is 14.0. The van der Waals surface area contributed by atoms with E-state index in [1.807, 2.05) is 0 Å². The lowest BCUT2D eigenvalue weighted by atomic mass is 10.0. The molecule has 0 aromatic rings. The van der Waals surface area contributed by atoms with E-state index in [2.05, 4.69) is 27.7 Å². The highest BCUT2D eigenvalue weighted by Gasteiger charge is 1.98. The van der Waals surface area contributed by atoms with Crippen LogP contribution in [0.1, 0.15) is 336 Å². The van der Waals surface area contributed by atoms with E-state index in [4.69, 9.17) is 0 Å². The largest absolute Gasteiger partial charge is 0.0654 e. The van der Waals surface area contributed by atoms with Crippen LogP contribution in [0.15, 0.2) is 0 Å². The van der Waals surface area contributed by atoms with E-state index in [1.165, 1.54) is 308 Å². The van der Waals surface area contributed by atoms with Gasteiger partial charge in [-0.25, -0.2) is 0 Å². The van der Waals surface area contributed by atoms with E-state index in [1.54, 1.807) is 0 Å². The highest BCUT2D eigenvalue weighted by molar-refractivity contribution is 4.53. The van der Waals surface area contributed by atoms with Crippen molar-refractivity contribution in [2.24, 2.45) is 0 Å². The molecule has 0 aromatic carbocycles. The molecule has 0 unspecified atom stereocenters. The first kappa shape index (κ1) is 54.1. The predicted molar refractivity (Wildman–Crippen MR) is 244 cm³/mol. The van der Waals surface area contributed by atoms with Gasteiger partial charge in [0.25, 0.3) is 0 Å². The Morgan fingerprint density at radius 1 is 0.0962 bits per heavy atom. The summed E-state index contributed by atoms with van der Waals surface area (Å²) in [6, 6.07) is 0. The van der Waals surface area contributed by atoms with Gasteiger partial charge in [0.05, 0.1) is 0 Å². The van der Waals surface area contributed by atoms with Crippen molar-refractivity contribution in [2.45, 2.75) is 336 Å². The second-order valence-electron chi connectivity index (χ2n) is 17.6. The minimum absolute atomic E-state index is 1.37. The average molecular weight is 733 g/mol. The van der Waals surface area contributed by atoms with Gasteiger partial charge in [-0.05, 0) is 0 Å². The maximum Gasteiger partial charge on any atom is -0.0533 e. The molecule has 0 aliphatic heterocycles. The van der Waals surface area contributed by atoms with E-state index < -0.39 is 0 Å². The zero-order chi connectivity index (χ0) is 37.9. The van der Waals surface area contributed by atoms with Crippen LogP contribution in [-0.4, -0.2) is 0 Å². The van der Waals surface area contributed by atoms with Gasteiger partial charge in [0, 0.05) is 0 Å². The van der Waals surface area contributed by atoms with Crippen LogP contribution in [0.5, 0.6) is 0 Å². The van der Waals surface area contributed by atoms with Gasteiger partial charge in [0.15, 0.2) is 0 Å². The molecule has 0 nitrogen and oxygen atoms in total. The molecule has 0 N–H and O–H groups in total. The first-order chi connectivity index (χ1) is 25.8. The van der Waals surface area contributed by atoms with Gasteiger partial charge in [0.2, 0.25) is 0 Å². The van der Waals surface area contributed by atoms with Gasteiger partial charge in [0.1, 0.15) is 0 Å². The highest BCUT2D eigenvalue weighted by Crippen LogP contribution is 2.17. The maximum absolute atomic E-state index is 2.30. The molecule has 0 amide bonds. The van der Waals surface area contributed by atoms with Gasteiger partial charge in [-0.15, -0.1) is 0 Å². The standard InChI is InChI=1S/C28H58.C24H50/c1-3-5-7-9-11-13-15-17-19-21-23-25-27-28-26-24-22-20-18-16-14-12-10-8-6-4-2;1-3-5-7-9-11-13-15-17-19-21-23-24-22-20-18-16-14-12-10-8-6-4-2/h3-28H2,1-2H3;3-24H2,1-2H3. The van der Waals surface area contributed by atoms with Crippen molar-refractivity contribution in [3.63, 3.8) is 0 Å². The molecule has 52 heavy (non-hydrogen) atoms. The van der Waals surface area contributed by atoms with Crippen molar-refractivity contribution < 1.29 is 0 Å². The van der Waals surface area contributed by atoms with Crippen LogP contribution in [-0.2, 0) is 0 Å². The van der Waals surface area contributed by atoms with Crippen LogP contribution in [0.4, 0.5) is 0 Å². The molecular weight excluding hydrogens is 625 g/mol. The van der Waals surface area contributed by atoms with Gasteiger partial charge < -0.3 is 0 Å². The summed E-state index contributed by atoms with van der Waals surface area (Å²) in [5.74, 6) is 0. The molecule has 0 bridgehead atoms. The molecule has 0 fully saturated rings. The van der Waals surface area contributed by atoms with Crippen molar-refractivity contribution in [2.75, 3.05) is 0 Å². The van der Waals surface area contributed by atoms with Gasteiger partial charge in [-0.2, -0.15) is 0 Å². The maximum atomic E-state index is 2.30. The topological polar surface area (TPSA) is 0 Å². The lowest BCUT2D eigenvalue weighted by Gasteiger charge is -2.04. The zero-order valence-electron chi connectivity index (χ0n) is 37.9. The molecule has 0 radical (unpaired) electrons. The van der Waals surface area contributed by atoms with Crippen molar-refractivity contribution >= 4 is 0 Å². The third-order valence-electron chi connectivity index (χ3n) is 11.9. The van der Waals surface area contributed by atoms with Crippen LogP contribution >= 0.6 is 0 Å². The van der Waals surface area contributed by atoms with Crippen molar-refractivity contribution in [1.29, 1.82) is 0 Å². The Kier molecular flexibility index (Phi) is 57.6. The van der Waals surface area contributed by atoms with Gasteiger partial charge in [-0.1, -0.05) is 336 Å². The molecule has 0 spiro atoms. The van der Waals surface area contributed by atoms with Gasteiger partial charge >= 0.3 is 0 Å². The van der Waals surface area contributed by atoms with E-state index in [-0.39, 0.29) is 0 Å². The summed E-state index contributed by atoms with van der Waals surface area (Å²) in [6.45, 7) is 9.21. The molecule has 316 valence electrons. The first-order valence-corrected chi connectivity index (χ1v) is 25.8. The third kappa shape index (κ3) is 56.7. The third-order valence-corrected chi connectivity index (χ3v) is 11.9. The van der Waals surface area contributed by atoms with Crippen LogP contribution in [0.3, 0.4) is 0 Å². The van der Waals surface area contributed by atoms with E-state index in [0.717, 1.165) is 0 Å². The number of rotatable bonds is 46. The first-order valence-electron chi connectivity index (χ1n) is 25.8. The number of unbranched alkanes of at least 4 members (excludes halogenated alkanes) is 46. The molecule has 0 aliphatic rings. The van der Waals surface area contributed by atoms with E-state index >= 15 is 0 Å². The Labute approximate surface area is 334 Å². The molecule has 0 saturated heterocycles. The summed E-state index contributed by atoms with van der Waals surface area (Å²) < 4.78 is 0. The van der Waals surface area contributed by atoms with Crippen LogP contribution in [0.25, 0.3) is 0 Å². The molecule has 0 atom stereocenters. The van der Waals surface area contributed by atoms with Crippen LogP contribution < -0.4 is 0 Å². The number of hydrogen-bond donors (Lipinski definition) is 0. The Hall–Kier alpha value is 0. The van der Waals surface area contributed by atoms with E-state index in [9.17, 15) is 0 Å². The lowest BCUT2D eigenvalue weighted by molar-refractivity contribution is 0.516.